The van der Waals surface area contributed by atoms with Gasteiger partial charge in [-0.05, 0) is 67.4 Å². The molecule has 5 aromatic rings. The van der Waals surface area contributed by atoms with Gasteiger partial charge in [0.25, 0.3) is 0 Å². The molecule has 0 unspecified atom stereocenters. The number of imidazole rings is 1. The van der Waals surface area contributed by atoms with Crippen LogP contribution in [0.1, 0.15) is 30.0 Å². The summed E-state index contributed by atoms with van der Waals surface area (Å²) in [5.41, 5.74) is 5.92. The molecule has 3 aromatic heterocycles. The van der Waals surface area contributed by atoms with Crippen LogP contribution in [0.15, 0.2) is 48.7 Å². The van der Waals surface area contributed by atoms with Crippen molar-refractivity contribution in [1.82, 2.24) is 35.2 Å². The van der Waals surface area contributed by atoms with Gasteiger partial charge in [-0.15, -0.1) is 0 Å². The third-order valence-corrected chi connectivity index (χ3v) is 7.44. The highest BCUT2D eigenvalue weighted by Crippen LogP contribution is 2.33. The number of benzene rings is 2. The third-order valence-electron chi connectivity index (χ3n) is 6.77. The van der Waals surface area contributed by atoms with Crippen molar-refractivity contribution in [3.63, 3.8) is 0 Å². The van der Waals surface area contributed by atoms with E-state index in [2.05, 4.69) is 36.3 Å². The minimum atomic E-state index is -3.40. The largest absolute Gasteiger partial charge is 0.337 e. The lowest BCUT2D eigenvalue weighted by atomic mass is 9.93. The summed E-state index contributed by atoms with van der Waals surface area (Å²) in [6, 6.07) is 12.3. The molecular weight excluding hydrogens is 493 g/mol. The smallest absolute Gasteiger partial charge is 0.209 e. The van der Waals surface area contributed by atoms with E-state index in [-0.39, 0.29) is 6.54 Å². The van der Waals surface area contributed by atoms with Crippen LogP contribution < -0.4 is 10.0 Å². The number of aromatic amines is 2. The van der Waals surface area contributed by atoms with Crippen molar-refractivity contribution in [2.24, 2.45) is 0 Å². The maximum Gasteiger partial charge on any atom is 0.209 e. The van der Waals surface area contributed by atoms with Crippen LogP contribution in [0.2, 0.25) is 0 Å². The van der Waals surface area contributed by atoms with E-state index >= 15 is 0 Å². The van der Waals surface area contributed by atoms with E-state index in [4.69, 9.17) is 4.98 Å². The number of rotatable bonds is 6. The number of aromatic nitrogens is 5. The molecule has 190 valence electrons. The number of nitrogens with one attached hydrogen (secondary N) is 4. The van der Waals surface area contributed by atoms with E-state index in [1.165, 1.54) is 12.1 Å². The van der Waals surface area contributed by atoms with Crippen molar-refractivity contribution < 1.29 is 12.8 Å². The minimum absolute atomic E-state index is 0.00191. The number of H-pyrrole nitrogens is 2. The predicted octanol–water partition coefficient (Wildman–Crippen LogP) is 3.82. The van der Waals surface area contributed by atoms with Gasteiger partial charge in [-0.25, -0.2) is 22.5 Å². The second kappa shape index (κ2) is 9.33. The maximum atomic E-state index is 14.5. The summed E-state index contributed by atoms with van der Waals surface area (Å²) in [6.07, 6.45) is 5.00. The van der Waals surface area contributed by atoms with Gasteiger partial charge in [-0.3, -0.25) is 10.1 Å². The average Bonchev–Trinajstić information content (AvgIpc) is 3.51. The quantitative estimate of drug-likeness (QED) is 0.270. The number of fused-ring (bicyclic) bond motifs is 2. The van der Waals surface area contributed by atoms with E-state index in [0.29, 0.717) is 34.1 Å². The van der Waals surface area contributed by atoms with Crippen LogP contribution in [0.25, 0.3) is 44.6 Å². The first-order valence-electron chi connectivity index (χ1n) is 12.1. The second-order valence-corrected chi connectivity index (χ2v) is 11.3. The van der Waals surface area contributed by atoms with Crippen molar-refractivity contribution in [2.45, 2.75) is 25.3 Å². The summed E-state index contributed by atoms with van der Waals surface area (Å²) >= 11 is 0. The van der Waals surface area contributed by atoms with Crippen LogP contribution in [0.3, 0.4) is 0 Å². The lowest BCUT2D eigenvalue weighted by Gasteiger charge is -2.21. The Balaban J connectivity index is 1.40. The monoisotopic (exact) mass is 519 g/mol. The van der Waals surface area contributed by atoms with E-state index in [1.54, 1.807) is 6.07 Å². The lowest BCUT2D eigenvalue weighted by Crippen LogP contribution is -2.27. The Hall–Kier alpha value is -3.67. The Morgan fingerprint density at radius 2 is 1.95 bits per heavy atom. The number of pyridine rings is 1. The zero-order valence-electron chi connectivity index (χ0n) is 20.2. The molecule has 0 aliphatic carbocycles. The third kappa shape index (κ3) is 4.85. The number of nitrogens with zero attached hydrogens (tertiary/aromatic N) is 3. The lowest BCUT2D eigenvalue weighted by molar-refractivity contribution is 0.453. The normalized spacial score (nSPS) is 15.1. The van der Waals surface area contributed by atoms with E-state index in [9.17, 15) is 12.8 Å². The zero-order valence-corrected chi connectivity index (χ0v) is 21.0. The molecule has 37 heavy (non-hydrogen) atoms. The molecule has 11 heteroatoms. The summed E-state index contributed by atoms with van der Waals surface area (Å²) < 4.78 is 39.9. The maximum absolute atomic E-state index is 14.5. The molecule has 2 aromatic carbocycles. The van der Waals surface area contributed by atoms with Crippen molar-refractivity contribution in [1.29, 1.82) is 0 Å². The summed E-state index contributed by atoms with van der Waals surface area (Å²) in [5, 5.41) is 11.9. The second-order valence-electron chi connectivity index (χ2n) is 9.48. The predicted molar refractivity (Wildman–Crippen MR) is 141 cm³/mol. The van der Waals surface area contributed by atoms with Gasteiger partial charge in [-0.1, -0.05) is 12.1 Å². The molecule has 0 bridgehead atoms. The zero-order chi connectivity index (χ0) is 25.6. The SMILES string of the molecule is CS(=O)(=O)NCc1cc(F)cc(-c2cccc3[nH]c(-c4n[nH]c5cnc(C6CCNCC6)cc45)nc23)c1. The molecule has 1 fully saturated rings. The minimum Gasteiger partial charge on any atom is -0.337 e. The van der Waals surface area contributed by atoms with Crippen LogP contribution >= 0.6 is 0 Å². The van der Waals surface area contributed by atoms with Gasteiger partial charge in [0.2, 0.25) is 10.0 Å². The van der Waals surface area contributed by atoms with Gasteiger partial charge in [0, 0.05) is 29.1 Å². The molecule has 1 aliphatic heterocycles. The summed E-state index contributed by atoms with van der Waals surface area (Å²) in [4.78, 5) is 12.9. The summed E-state index contributed by atoms with van der Waals surface area (Å²) in [5.74, 6) is 0.563. The van der Waals surface area contributed by atoms with Gasteiger partial charge >= 0.3 is 0 Å². The molecular formula is C26H26FN7O2S. The van der Waals surface area contributed by atoms with Crippen LogP contribution in [-0.2, 0) is 16.6 Å². The average molecular weight is 520 g/mol. The van der Waals surface area contributed by atoms with Crippen molar-refractivity contribution in [2.75, 3.05) is 19.3 Å². The van der Waals surface area contributed by atoms with Gasteiger partial charge in [-0.2, -0.15) is 5.10 Å². The molecule has 1 aliphatic rings. The topological polar surface area (TPSA) is 128 Å². The highest BCUT2D eigenvalue weighted by atomic mass is 32.2. The first kappa shape index (κ1) is 23.7. The molecule has 6 rings (SSSR count). The van der Waals surface area contributed by atoms with Crippen LogP contribution in [0, 0.1) is 5.82 Å². The molecule has 0 atom stereocenters. The number of sulfonamides is 1. The molecule has 9 nitrogen and oxygen atoms in total. The van der Waals surface area contributed by atoms with Gasteiger partial charge in [0.1, 0.15) is 11.5 Å². The number of halogens is 1. The number of hydrogen-bond donors (Lipinski definition) is 4. The molecule has 0 saturated carbocycles. The Labute approximate surface area is 213 Å². The van der Waals surface area contributed by atoms with E-state index in [1.807, 2.05) is 24.4 Å². The van der Waals surface area contributed by atoms with Crippen molar-refractivity contribution >= 4 is 32.0 Å². The molecule has 0 radical (unpaired) electrons. The van der Waals surface area contributed by atoms with Gasteiger partial charge in [0.15, 0.2) is 5.82 Å². The Kier molecular flexibility index (Phi) is 5.98. The van der Waals surface area contributed by atoms with Crippen LogP contribution in [-0.4, -0.2) is 52.9 Å². The standard InChI is InChI=1S/C26H26FN7O2S/c1-37(35,36)30-13-15-9-17(11-18(27)10-15)19-3-2-4-21-24(19)32-26(31-21)25-20-12-22(16-5-7-28-8-6-16)29-14-23(20)33-34-25/h2-4,9-12,14,16,28,30H,5-8,13H2,1H3,(H,31,32)(H,33,34). The summed E-state index contributed by atoms with van der Waals surface area (Å²) in [7, 11) is -3.40. The fraction of sp³-hybridized carbons (Fsp3) is 0.269. The van der Waals surface area contributed by atoms with E-state index < -0.39 is 15.8 Å². The fourth-order valence-corrected chi connectivity index (χ4v) is 5.38. The van der Waals surface area contributed by atoms with Crippen molar-refractivity contribution in [3.05, 3.63) is 65.7 Å². The Morgan fingerprint density at radius 1 is 1.11 bits per heavy atom. The first-order valence-corrected chi connectivity index (χ1v) is 14.0. The highest BCUT2D eigenvalue weighted by Gasteiger charge is 2.20. The molecule has 4 heterocycles. The van der Waals surface area contributed by atoms with E-state index in [0.717, 1.165) is 59.9 Å². The number of piperidine rings is 1. The molecule has 1 saturated heterocycles. The highest BCUT2D eigenvalue weighted by molar-refractivity contribution is 7.88. The first-order chi connectivity index (χ1) is 17.8. The summed E-state index contributed by atoms with van der Waals surface area (Å²) in [6.45, 7) is 1.97. The molecule has 0 amide bonds. The molecule has 4 N–H and O–H groups in total. The van der Waals surface area contributed by atoms with Crippen molar-refractivity contribution in [3.8, 4) is 22.6 Å². The fourth-order valence-electron chi connectivity index (χ4n) is 4.95. The Bertz CT molecular complexity index is 1720. The van der Waals surface area contributed by atoms with Gasteiger partial charge < -0.3 is 10.3 Å². The molecule has 0 spiro atoms. The Morgan fingerprint density at radius 3 is 2.76 bits per heavy atom. The number of hydrogen-bond acceptors (Lipinski definition) is 6. The van der Waals surface area contributed by atoms with Crippen LogP contribution in [0.4, 0.5) is 4.39 Å². The number of para-hydroxylation sites is 1. The van der Waals surface area contributed by atoms with Gasteiger partial charge in [0.05, 0.1) is 29.0 Å². The van der Waals surface area contributed by atoms with Crippen LogP contribution in [0.5, 0.6) is 0 Å².